The highest BCUT2D eigenvalue weighted by Crippen LogP contribution is 2.18. The topological polar surface area (TPSA) is 63.7 Å². The van der Waals surface area contributed by atoms with Crippen molar-refractivity contribution >= 4 is 17.8 Å². The molecule has 2 amide bonds. The lowest BCUT2D eigenvalue weighted by Crippen LogP contribution is -2.45. The smallest absolute Gasteiger partial charge is 0.325 e. The monoisotopic (exact) mass is 199 g/mol. The van der Waals surface area contributed by atoms with Crippen LogP contribution < -0.4 is 0 Å². The number of esters is 1. The minimum absolute atomic E-state index is 0.0731. The number of rotatable bonds is 2. The minimum Gasteiger partial charge on any atom is -0.468 e. The number of hydrogen-bond donors (Lipinski definition) is 0. The van der Waals surface area contributed by atoms with Crippen LogP contribution in [0.4, 0.5) is 0 Å². The highest BCUT2D eigenvalue weighted by atomic mass is 16.5. The SMILES string of the molecule is COC(=O)CN1C(=O)CC(C)CC1=O. The van der Waals surface area contributed by atoms with E-state index >= 15 is 0 Å². The van der Waals surface area contributed by atoms with Crippen LogP contribution in [-0.4, -0.2) is 36.3 Å². The van der Waals surface area contributed by atoms with E-state index in [2.05, 4.69) is 4.74 Å². The highest BCUT2D eigenvalue weighted by molar-refractivity contribution is 6.00. The van der Waals surface area contributed by atoms with E-state index in [0.717, 1.165) is 4.90 Å². The molecule has 1 fully saturated rings. The highest BCUT2D eigenvalue weighted by Gasteiger charge is 2.31. The predicted octanol–water partition coefficient (Wildman–Crippen LogP) is -0.0555. The summed E-state index contributed by atoms with van der Waals surface area (Å²) in [6, 6.07) is 0. The average molecular weight is 199 g/mol. The Labute approximate surface area is 82.0 Å². The number of amides is 2. The molecule has 1 heterocycles. The molecule has 1 aliphatic rings. The Balaban J connectivity index is 2.63. The van der Waals surface area contributed by atoms with Gasteiger partial charge < -0.3 is 4.74 Å². The van der Waals surface area contributed by atoms with Gasteiger partial charge in [0.05, 0.1) is 7.11 Å². The summed E-state index contributed by atoms with van der Waals surface area (Å²) in [6.45, 7) is 1.58. The van der Waals surface area contributed by atoms with Crippen molar-refractivity contribution in [1.82, 2.24) is 4.90 Å². The summed E-state index contributed by atoms with van der Waals surface area (Å²) < 4.78 is 4.39. The first kappa shape index (κ1) is 10.7. The molecular weight excluding hydrogens is 186 g/mol. The molecule has 5 heteroatoms. The third-order valence-electron chi connectivity index (χ3n) is 2.16. The molecule has 0 saturated carbocycles. The summed E-state index contributed by atoms with van der Waals surface area (Å²) in [5.41, 5.74) is 0. The lowest BCUT2D eigenvalue weighted by molar-refractivity contribution is -0.157. The summed E-state index contributed by atoms with van der Waals surface area (Å²) in [4.78, 5) is 34.6. The van der Waals surface area contributed by atoms with Gasteiger partial charge in [-0.1, -0.05) is 6.92 Å². The molecular formula is C9H13NO4. The van der Waals surface area contributed by atoms with E-state index in [-0.39, 0.29) is 24.3 Å². The average Bonchev–Trinajstić information content (AvgIpc) is 2.10. The van der Waals surface area contributed by atoms with E-state index in [1.54, 1.807) is 0 Å². The van der Waals surface area contributed by atoms with E-state index in [4.69, 9.17) is 0 Å². The van der Waals surface area contributed by atoms with Gasteiger partial charge in [-0.2, -0.15) is 0 Å². The number of imide groups is 1. The fourth-order valence-corrected chi connectivity index (χ4v) is 1.40. The molecule has 0 spiro atoms. The summed E-state index contributed by atoms with van der Waals surface area (Å²) in [5, 5.41) is 0. The number of likely N-dealkylation sites (tertiary alicyclic amines) is 1. The molecule has 14 heavy (non-hydrogen) atoms. The second kappa shape index (κ2) is 4.21. The van der Waals surface area contributed by atoms with E-state index in [1.807, 2.05) is 6.92 Å². The molecule has 78 valence electrons. The molecule has 0 aromatic heterocycles. The van der Waals surface area contributed by atoms with Crippen molar-refractivity contribution in [2.75, 3.05) is 13.7 Å². The minimum atomic E-state index is -0.568. The number of ether oxygens (including phenoxy) is 1. The number of carbonyl (C=O) groups is 3. The lowest BCUT2D eigenvalue weighted by atomic mass is 9.98. The maximum absolute atomic E-state index is 11.4. The van der Waals surface area contributed by atoms with Gasteiger partial charge in [0.15, 0.2) is 0 Å². The van der Waals surface area contributed by atoms with Crippen LogP contribution >= 0.6 is 0 Å². The maximum Gasteiger partial charge on any atom is 0.325 e. The molecule has 5 nitrogen and oxygen atoms in total. The van der Waals surface area contributed by atoms with Crippen LogP contribution in [-0.2, 0) is 19.1 Å². The van der Waals surface area contributed by atoms with Gasteiger partial charge in [0, 0.05) is 12.8 Å². The number of piperidine rings is 1. The van der Waals surface area contributed by atoms with Gasteiger partial charge in [-0.3, -0.25) is 19.3 Å². The fourth-order valence-electron chi connectivity index (χ4n) is 1.40. The van der Waals surface area contributed by atoms with Crippen molar-refractivity contribution in [2.45, 2.75) is 19.8 Å². The van der Waals surface area contributed by atoms with Crippen molar-refractivity contribution in [3.63, 3.8) is 0 Å². The van der Waals surface area contributed by atoms with Crippen LogP contribution in [0.1, 0.15) is 19.8 Å². The predicted molar refractivity (Wildman–Crippen MR) is 47.1 cm³/mol. The molecule has 1 rings (SSSR count). The molecule has 0 aromatic carbocycles. The van der Waals surface area contributed by atoms with Crippen molar-refractivity contribution < 1.29 is 19.1 Å². The Morgan fingerprint density at radius 1 is 1.43 bits per heavy atom. The quantitative estimate of drug-likeness (QED) is 0.462. The third kappa shape index (κ3) is 2.31. The van der Waals surface area contributed by atoms with E-state index in [1.165, 1.54) is 7.11 Å². The number of nitrogens with zero attached hydrogens (tertiary/aromatic N) is 1. The largest absolute Gasteiger partial charge is 0.468 e. The second-order valence-corrected chi connectivity index (χ2v) is 3.46. The fraction of sp³-hybridized carbons (Fsp3) is 0.667. The second-order valence-electron chi connectivity index (χ2n) is 3.46. The summed E-state index contributed by atoms with van der Waals surface area (Å²) in [6.07, 6.45) is 0.644. The molecule has 0 radical (unpaired) electrons. The van der Waals surface area contributed by atoms with Crippen LogP contribution in [0.15, 0.2) is 0 Å². The van der Waals surface area contributed by atoms with Gasteiger partial charge >= 0.3 is 5.97 Å². The number of carbonyl (C=O) groups excluding carboxylic acids is 3. The van der Waals surface area contributed by atoms with Gasteiger partial charge in [-0.05, 0) is 5.92 Å². The lowest BCUT2D eigenvalue weighted by Gasteiger charge is -2.27. The van der Waals surface area contributed by atoms with Crippen LogP contribution in [0.3, 0.4) is 0 Å². The molecule has 1 aliphatic heterocycles. The summed E-state index contributed by atoms with van der Waals surface area (Å²) >= 11 is 0. The number of methoxy groups -OCH3 is 1. The Kier molecular flexibility index (Phi) is 3.22. The van der Waals surface area contributed by atoms with Gasteiger partial charge in [0.2, 0.25) is 11.8 Å². The van der Waals surface area contributed by atoms with Crippen molar-refractivity contribution in [3.8, 4) is 0 Å². The van der Waals surface area contributed by atoms with Crippen LogP contribution in [0.2, 0.25) is 0 Å². The van der Waals surface area contributed by atoms with Crippen molar-refractivity contribution in [2.24, 2.45) is 5.92 Å². The van der Waals surface area contributed by atoms with Crippen LogP contribution in [0.25, 0.3) is 0 Å². The summed E-state index contributed by atoms with van der Waals surface area (Å²) in [5.74, 6) is -1.08. The molecule has 0 N–H and O–H groups in total. The Hall–Kier alpha value is -1.39. The van der Waals surface area contributed by atoms with Gasteiger partial charge in [-0.25, -0.2) is 0 Å². The Morgan fingerprint density at radius 3 is 2.36 bits per heavy atom. The normalized spacial score (nSPS) is 18.6. The van der Waals surface area contributed by atoms with E-state index in [9.17, 15) is 14.4 Å². The van der Waals surface area contributed by atoms with Gasteiger partial charge in [0.1, 0.15) is 6.54 Å². The van der Waals surface area contributed by atoms with Crippen molar-refractivity contribution in [1.29, 1.82) is 0 Å². The van der Waals surface area contributed by atoms with Crippen LogP contribution in [0.5, 0.6) is 0 Å². The molecule has 0 aliphatic carbocycles. The van der Waals surface area contributed by atoms with Gasteiger partial charge in [0.25, 0.3) is 0 Å². The number of hydrogen-bond acceptors (Lipinski definition) is 4. The first-order valence-corrected chi connectivity index (χ1v) is 4.44. The zero-order chi connectivity index (χ0) is 10.7. The molecule has 1 saturated heterocycles. The van der Waals surface area contributed by atoms with Crippen molar-refractivity contribution in [3.05, 3.63) is 0 Å². The van der Waals surface area contributed by atoms with E-state index in [0.29, 0.717) is 12.8 Å². The molecule has 0 bridgehead atoms. The molecule has 0 aromatic rings. The maximum atomic E-state index is 11.4. The first-order chi connectivity index (χ1) is 6.54. The van der Waals surface area contributed by atoms with E-state index < -0.39 is 5.97 Å². The Bertz CT molecular complexity index is 256. The third-order valence-corrected chi connectivity index (χ3v) is 2.16. The first-order valence-electron chi connectivity index (χ1n) is 4.44. The zero-order valence-electron chi connectivity index (χ0n) is 8.28. The van der Waals surface area contributed by atoms with Gasteiger partial charge in [-0.15, -0.1) is 0 Å². The zero-order valence-corrected chi connectivity index (χ0v) is 8.28. The van der Waals surface area contributed by atoms with Crippen LogP contribution in [0, 0.1) is 5.92 Å². The standard InChI is InChI=1S/C9H13NO4/c1-6-3-7(11)10(8(12)4-6)5-9(13)14-2/h6H,3-5H2,1-2H3. The Morgan fingerprint density at radius 2 is 1.93 bits per heavy atom. The molecule has 0 atom stereocenters. The molecule has 0 unspecified atom stereocenters. The summed E-state index contributed by atoms with van der Waals surface area (Å²) in [7, 11) is 1.23.